The molecule has 21 heavy (non-hydrogen) atoms. The quantitative estimate of drug-likeness (QED) is 0.663. The molecule has 2 aromatic carbocycles. The Kier molecular flexibility index (Phi) is 4.27. The van der Waals surface area contributed by atoms with Crippen LogP contribution in [-0.2, 0) is 0 Å². The second kappa shape index (κ2) is 5.96. The molecular formula is C19H20O2. The Hall–Kier alpha value is -2.35. The first-order chi connectivity index (χ1) is 9.93. The molecule has 0 aliphatic rings. The van der Waals surface area contributed by atoms with Crippen LogP contribution in [-0.4, -0.2) is 10.9 Å². The van der Waals surface area contributed by atoms with E-state index in [9.17, 15) is 9.90 Å². The largest absolute Gasteiger partial charge is 0.507 e. The van der Waals surface area contributed by atoms with E-state index in [4.69, 9.17) is 0 Å². The van der Waals surface area contributed by atoms with Crippen LogP contribution in [0.15, 0.2) is 36.4 Å². The van der Waals surface area contributed by atoms with Crippen LogP contribution >= 0.6 is 0 Å². The highest BCUT2D eigenvalue weighted by Gasteiger charge is 2.18. The maximum Gasteiger partial charge on any atom is 0.189 e. The van der Waals surface area contributed by atoms with Gasteiger partial charge in [-0.2, -0.15) is 0 Å². The molecule has 0 atom stereocenters. The number of phenols is 1. The smallest absolute Gasteiger partial charge is 0.189 e. The van der Waals surface area contributed by atoms with Gasteiger partial charge in [0.2, 0.25) is 0 Å². The number of aromatic hydroxyl groups is 1. The summed E-state index contributed by atoms with van der Waals surface area (Å²) in [5.74, 6) is -0.0710. The van der Waals surface area contributed by atoms with Gasteiger partial charge in [0.05, 0.1) is 5.56 Å². The molecule has 108 valence electrons. The van der Waals surface area contributed by atoms with Gasteiger partial charge in [-0.1, -0.05) is 36.4 Å². The van der Waals surface area contributed by atoms with E-state index in [0.29, 0.717) is 5.56 Å². The Balaban J connectivity index is 2.43. The number of carbonyl (C=O) groups is 1. The first kappa shape index (κ1) is 15.0. The minimum atomic E-state index is -0.167. The Morgan fingerprint density at radius 1 is 0.905 bits per heavy atom. The molecule has 0 saturated carbocycles. The lowest BCUT2D eigenvalue weighted by molar-refractivity contribution is 0.104. The average molecular weight is 280 g/mol. The minimum absolute atomic E-state index is 0.0957. The molecule has 0 bridgehead atoms. The molecule has 0 unspecified atom stereocenters. The monoisotopic (exact) mass is 280 g/mol. The van der Waals surface area contributed by atoms with Crippen molar-refractivity contribution >= 4 is 11.9 Å². The fourth-order valence-corrected chi connectivity index (χ4v) is 2.41. The normalized spacial score (nSPS) is 11.0. The van der Waals surface area contributed by atoms with Crippen LogP contribution < -0.4 is 0 Å². The zero-order valence-corrected chi connectivity index (χ0v) is 12.9. The SMILES string of the molecule is Cc1c(C)c(C)c(C(=O)/C=C/c2ccccc2)c(O)c1C. The highest BCUT2D eigenvalue weighted by atomic mass is 16.3. The van der Waals surface area contributed by atoms with Crippen molar-refractivity contribution in [3.8, 4) is 5.75 Å². The fraction of sp³-hybridized carbons (Fsp3) is 0.211. The molecule has 0 amide bonds. The van der Waals surface area contributed by atoms with E-state index in [-0.39, 0.29) is 11.5 Å². The number of rotatable bonds is 3. The number of carbonyl (C=O) groups excluding carboxylic acids is 1. The molecule has 2 aromatic rings. The minimum Gasteiger partial charge on any atom is -0.507 e. The van der Waals surface area contributed by atoms with Crippen LogP contribution in [0.3, 0.4) is 0 Å². The van der Waals surface area contributed by atoms with E-state index in [1.54, 1.807) is 6.08 Å². The van der Waals surface area contributed by atoms with E-state index in [2.05, 4.69) is 0 Å². The summed E-state index contributed by atoms with van der Waals surface area (Å²) in [6, 6.07) is 9.65. The van der Waals surface area contributed by atoms with Gasteiger partial charge in [0.1, 0.15) is 5.75 Å². The third kappa shape index (κ3) is 2.89. The zero-order valence-electron chi connectivity index (χ0n) is 12.9. The third-order valence-corrected chi connectivity index (χ3v) is 4.13. The molecule has 0 spiro atoms. The maximum absolute atomic E-state index is 12.4. The van der Waals surface area contributed by atoms with Gasteiger partial charge in [-0.15, -0.1) is 0 Å². The van der Waals surface area contributed by atoms with Crippen molar-refractivity contribution in [2.75, 3.05) is 0 Å². The lowest BCUT2D eigenvalue weighted by atomic mass is 9.91. The molecular weight excluding hydrogens is 260 g/mol. The Morgan fingerprint density at radius 2 is 1.48 bits per heavy atom. The number of allylic oxidation sites excluding steroid dienone is 1. The Labute approximate surface area is 125 Å². The molecule has 0 fully saturated rings. The molecule has 0 radical (unpaired) electrons. The summed E-state index contributed by atoms with van der Waals surface area (Å²) in [7, 11) is 0. The summed E-state index contributed by atoms with van der Waals surface area (Å²) in [6.07, 6.45) is 3.29. The Morgan fingerprint density at radius 3 is 2.10 bits per heavy atom. The van der Waals surface area contributed by atoms with Gasteiger partial charge in [0, 0.05) is 0 Å². The van der Waals surface area contributed by atoms with Gasteiger partial charge in [0.15, 0.2) is 5.78 Å². The summed E-state index contributed by atoms with van der Waals surface area (Å²) in [6.45, 7) is 7.67. The van der Waals surface area contributed by atoms with Crippen molar-refractivity contribution in [2.45, 2.75) is 27.7 Å². The lowest BCUT2D eigenvalue weighted by Crippen LogP contribution is -2.04. The summed E-state index contributed by atoms with van der Waals surface area (Å²) in [4.78, 5) is 12.4. The topological polar surface area (TPSA) is 37.3 Å². The highest BCUT2D eigenvalue weighted by molar-refractivity contribution is 6.10. The van der Waals surface area contributed by atoms with Crippen molar-refractivity contribution < 1.29 is 9.90 Å². The summed E-state index contributed by atoms with van der Waals surface area (Å²) >= 11 is 0. The molecule has 0 aromatic heterocycles. The molecule has 1 N–H and O–H groups in total. The van der Waals surface area contributed by atoms with Gasteiger partial charge in [0.25, 0.3) is 0 Å². The van der Waals surface area contributed by atoms with Gasteiger partial charge in [-0.3, -0.25) is 4.79 Å². The summed E-state index contributed by atoms with van der Waals surface area (Å²) < 4.78 is 0. The first-order valence-corrected chi connectivity index (χ1v) is 7.00. The standard InChI is InChI=1S/C19H20O2/c1-12-13(2)15(4)19(21)18(14(12)3)17(20)11-10-16-8-6-5-7-9-16/h5-11,21H,1-4H3/b11-10+. The Bertz CT molecular complexity index is 681. The van der Waals surface area contributed by atoms with E-state index < -0.39 is 0 Å². The summed E-state index contributed by atoms with van der Waals surface area (Å²) in [5.41, 5.74) is 5.08. The predicted molar refractivity (Wildman–Crippen MR) is 86.9 cm³/mol. The van der Waals surface area contributed by atoms with Gasteiger partial charge in [-0.25, -0.2) is 0 Å². The van der Waals surface area contributed by atoms with Gasteiger partial charge < -0.3 is 5.11 Å². The maximum atomic E-state index is 12.4. The zero-order chi connectivity index (χ0) is 15.6. The second-order valence-corrected chi connectivity index (χ2v) is 5.33. The average Bonchev–Trinajstić information content (AvgIpc) is 2.50. The molecule has 0 saturated heterocycles. The van der Waals surface area contributed by atoms with Crippen molar-refractivity contribution in [3.63, 3.8) is 0 Å². The molecule has 2 nitrogen and oxygen atoms in total. The van der Waals surface area contributed by atoms with Gasteiger partial charge >= 0.3 is 0 Å². The number of hydrogen-bond donors (Lipinski definition) is 1. The lowest BCUT2D eigenvalue weighted by Gasteiger charge is -2.15. The molecule has 2 rings (SSSR count). The molecule has 2 heteroatoms. The van der Waals surface area contributed by atoms with Crippen LogP contribution in [0.4, 0.5) is 0 Å². The predicted octanol–water partition coefficient (Wildman–Crippen LogP) is 4.52. The van der Waals surface area contributed by atoms with Crippen LogP contribution in [0.5, 0.6) is 5.75 Å². The fourth-order valence-electron chi connectivity index (χ4n) is 2.41. The van der Waals surface area contributed by atoms with E-state index in [1.165, 1.54) is 6.08 Å². The number of phenolic OH excluding ortho intramolecular Hbond substituents is 1. The van der Waals surface area contributed by atoms with Crippen LogP contribution in [0.25, 0.3) is 6.08 Å². The van der Waals surface area contributed by atoms with E-state index >= 15 is 0 Å². The third-order valence-electron chi connectivity index (χ3n) is 4.13. The van der Waals surface area contributed by atoms with Crippen LogP contribution in [0, 0.1) is 27.7 Å². The van der Waals surface area contributed by atoms with Crippen molar-refractivity contribution in [2.24, 2.45) is 0 Å². The van der Waals surface area contributed by atoms with Gasteiger partial charge in [-0.05, 0) is 61.6 Å². The van der Waals surface area contributed by atoms with Crippen molar-refractivity contribution in [1.29, 1.82) is 0 Å². The molecule has 0 heterocycles. The number of ketones is 1. The van der Waals surface area contributed by atoms with Crippen LogP contribution in [0.1, 0.15) is 38.2 Å². The molecule has 0 aliphatic carbocycles. The second-order valence-electron chi connectivity index (χ2n) is 5.33. The number of benzene rings is 2. The summed E-state index contributed by atoms with van der Waals surface area (Å²) in [5, 5.41) is 10.3. The van der Waals surface area contributed by atoms with Crippen molar-refractivity contribution in [1.82, 2.24) is 0 Å². The van der Waals surface area contributed by atoms with E-state index in [1.807, 2.05) is 58.0 Å². The molecule has 0 aliphatic heterocycles. The van der Waals surface area contributed by atoms with Crippen LogP contribution in [0.2, 0.25) is 0 Å². The number of hydrogen-bond acceptors (Lipinski definition) is 2. The first-order valence-electron chi connectivity index (χ1n) is 7.00. The highest BCUT2D eigenvalue weighted by Crippen LogP contribution is 2.32. The van der Waals surface area contributed by atoms with E-state index in [0.717, 1.165) is 27.8 Å². The van der Waals surface area contributed by atoms with Crippen molar-refractivity contribution in [3.05, 3.63) is 69.8 Å².